The van der Waals surface area contributed by atoms with Crippen molar-refractivity contribution >= 4 is 34.3 Å². The normalized spacial score (nSPS) is 14.2. The fourth-order valence-corrected chi connectivity index (χ4v) is 3.49. The smallest absolute Gasteiger partial charge is 0.490 e. The van der Waals surface area contributed by atoms with Gasteiger partial charge in [-0.1, -0.05) is 12.1 Å². The maximum atomic E-state index is 10.6. The van der Waals surface area contributed by atoms with Crippen LogP contribution in [0.25, 0.3) is 10.9 Å². The SMILES string of the molecule is COc1ccc2c(c1)CC(c1nc(Nc3cn[nH]c3)c3ccccc3n1)CO2.O=C(O)C(F)(F)F.O=C(O)C(F)(F)F. The molecule has 224 valence electrons. The minimum absolute atomic E-state index is 0.0640. The van der Waals surface area contributed by atoms with Gasteiger partial charge in [0.15, 0.2) is 0 Å². The van der Waals surface area contributed by atoms with Crippen LogP contribution >= 0.6 is 0 Å². The number of aromatic nitrogens is 4. The number of fused-ring (bicyclic) bond motifs is 2. The minimum Gasteiger partial charge on any atom is -0.497 e. The van der Waals surface area contributed by atoms with Crippen LogP contribution in [0.15, 0.2) is 54.9 Å². The lowest BCUT2D eigenvalue weighted by molar-refractivity contribution is -0.193. The fourth-order valence-electron chi connectivity index (χ4n) is 3.49. The van der Waals surface area contributed by atoms with Crippen molar-refractivity contribution in [2.24, 2.45) is 0 Å². The molecule has 0 saturated heterocycles. The summed E-state index contributed by atoms with van der Waals surface area (Å²) in [4.78, 5) is 27.5. The number of hydrogen-bond donors (Lipinski definition) is 4. The zero-order valence-corrected chi connectivity index (χ0v) is 21.3. The molecule has 2 aromatic heterocycles. The Hall–Kier alpha value is -5.09. The third kappa shape index (κ3) is 8.45. The molecule has 1 atom stereocenters. The van der Waals surface area contributed by atoms with Crippen LogP contribution in [0.3, 0.4) is 0 Å². The Labute approximate surface area is 232 Å². The Balaban J connectivity index is 0.000000289. The number of nitrogens with one attached hydrogen (secondary N) is 2. The molecule has 0 bridgehead atoms. The Kier molecular flexibility index (Phi) is 9.77. The minimum atomic E-state index is -5.08. The number of rotatable bonds is 4. The van der Waals surface area contributed by atoms with Gasteiger partial charge in [0.1, 0.15) is 23.1 Å². The maximum absolute atomic E-state index is 10.6. The summed E-state index contributed by atoms with van der Waals surface area (Å²) in [5.41, 5.74) is 2.86. The van der Waals surface area contributed by atoms with Gasteiger partial charge in [0.2, 0.25) is 0 Å². The molecule has 4 N–H and O–H groups in total. The number of H-pyrrole nitrogens is 1. The highest BCUT2D eigenvalue weighted by atomic mass is 19.4. The van der Waals surface area contributed by atoms with E-state index in [0.29, 0.717) is 6.61 Å². The number of ether oxygens (including phenoxy) is 2. The first-order valence-electron chi connectivity index (χ1n) is 11.6. The number of carboxylic acids is 2. The second-order valence-corrected chi connectivity index (χ2v) is 8.35. The predicted molar refractivity (Wildman–Crippen MR) is 134 cm³/mol. The number of carboxylic acid groups (broad SMARTS) is 2. The number of nitrogens with zero attached hydrogens (tertiary/aromatic N) is 3. The Morgan fingerprint density at radius 2 is 1.67 bits per heavy atom. The first-order valence-corrected chi connectivity index (χ1v) is 11.6. The topological polar surface area (TPSA) is 160 Å². The summed E-state index contributed by atoms with van der Waals surface area (Å²) in [7, 11) is 1.67. The lowest BCUT2D eigenvalue weighted by Gasteiger charge is -2.25. The standard InChI is InChI=1S/C21H19N5O2.2C2HF3O2/c1-27-16-6-7-19-13(9-16)8-14(12-28-19)20-25-18-5-3-2-4-17(18)21(26-20)24-15-10-22-23-11-15;2*3-2(4,5)1(6)7/h2-7,9-11,14H,8,12H2,1H3,(H,22,23)(H,24,25,26);2*(H,6,7). The number of alkyl halides is 6. The third-order valence-corrected chi connectivity index (χ3v) is 5.41. The van der Waals surface area contributed by atoms with Gasteiger partial charge in [-0.25, -0.2) is 19.6 Å². The largest absolute Gasteiger partial charge is 0.497 e. The van der Waals surface area contributed by atoms with Gasteiger partial charge in [0.05, 0.1) is 37.0 Å². The fraction of sp³-hybridized carbons (Fsp3) is 0.240. The zero-order valence-electron chi connectivity index (χ0n) is 21.3. The zero-order chi connectivity index (χ0) is 31.1. The van der Waals surface area contributed by atoms with Crippen molar-refractivity contribution < 1.29 is 55.6 Å². The van der Waals surface area contributed by atoms with Crippen molar-refractivity contribution in [2.75, 3.05) is 19.0 Å². The summed E-state index contributed by atoms with van der Waals surface area (Å²) in [5.74, 6) is -2.20. The van der Waals surface area contributed by atoms with Crippen molar-refractivity contribution in [1.29, 1.82) is 0 Å². The first-order chi connectivity index (χ1) is 19.7. The van der Waals surface area contributed by atoms with Gasteiger partial charge in [0.25, 0.3) is 0 Å². The molecule has 0 radical (unpaired) electrons. The molecule has 1 aliphatic heterocycles. The van der Waals surface area contributed by atoms with Gasteiger partial charge in [-0.15, -0.1) is 0 Å². The molecular weight excluding hydrogens is 580 g/mol. The molecule has 0 spiro atoms. The number of carbonyl (C=O) groups is 2. The summed E-state index contributed by atoms with van der Waals surface area (Å²) < 4.78 is 74.8. The van der Waals surface area contributed by atoms with E-state index in [0.717, 1.165) is 51.7 Å². The average Bonchev–Trinajstić information content (AvgIpc) is 3.45. The molecule has 0 amide bonds. The van der Waals surface area contributed by atoms with Crippen molar-refractivity contribution in [1.82, 2.24) is 20.2 Å². The van der Waals surface area contributed by atoms with Crippen LogP contribution < -0.4 is 14.8 Å². The van der Waals surface area contributed by atoms with E-state index in [1.165, 1.54) is 0 Å². The summed E-state index contributed by atoms with van der Waals surface area (Å²) in [6.45, 7) is 0.544. The number of halogens is 6. The molecule has 4 aromatic rings. The molecule has 0 saturated carbocycles. The number of aliphatic carboxylic acids is 2. The molecular formula is C25H21F6N5O6. The molecule has 2 aromatic carbocycles. The van der Waals surface area contributed by atoms with Gasteiger partial charge in [-0.05, 0) is 42.3 Å². The van der Waals surface area contributed by atoms with Crippen LogP contribution in [0.5, 0.6) is 11.5 Å². The molecule has 11 nitrogen and oxygen atoms in total. The van der Waals surface area contributed by atoms with Crippen molar-refractivity contribution in [2.45, 2.75) is 24.7 Å². The van der Waals surface area contributed by atoms with Gasteiger partial charge in [-0.3, -0.25) is 5.10 Å². The van der Waals surface area contributed by atoms with E-state index in [1.54, 1.807) is 19.5 Å². The summed E-state index contributed by atoms with van der Waals surface area (Å²) in [6, 6.07) is 13.9. The highest BCUT2D eigenvalue weighted by Gasteiger charge is 2.38. The Morgan fingerprint density at radius 1 is 1.02 bits per heavy atom. The van der Waals surface area contributed by atoms with E-state index in [9.17, 15) is 26.3 Å². The third-order valence-electron chi connectivity index (χ3n) is 5.41. The summed E-state index contributed by atoms with van der Waals surface area (Å²) in [6.07, 6.45) is -5.85. The van der Waals surface area contributed by atoms with Gasteiger partial charge >= 0.3 is 24.3 Å². The number of benzene rings is 2. The molecule has 42 heavy (non-hydrogen) atoms. The lowest BCUT2D eigenvalue weighted by atomic mass is 9.95. The van der Waals surface area contributed by atoms with Crippen LogP contribution in [0.2, 0.25) is 0 Å². The number of hydrogen-bond acceptors (Lipinski definition) is 8. The monoisotopic (exact) mass is 601 g/mol. The highest BCUT2D eigenvalue weighted by molar-refractivity contribution is 5.90. The van der Waals surface area contributed by atoms with Crippen molar-refractivity contribution in [3.8, 4) is 11.5 Å². The van der Waals surface area contributed by atoms with Crippen molar-refractivity contribution in [3.63, 3.8) is 0 Å². The molecule has 1 unspecified atom stereocenters. The molecule has 3 heterocycles. The maximum Gasteiger partial charge on any atom is 0.490 e. The molecule has 0 aliphatic carbocycles. The van der Waals surface area contributed by atoms with Crippen LogP contribution in [0.4, 0.5) is 37.8 Å². The van der Waals surface area contributed by atoms with Crippen LogP contribution in [0.1, 0.15) is 17.3 Å². The summed E-state index contributed by atoms with van der Waals surface area (Å²) >= 11 is 0. The quantitative estimate of drug-likeness (QED) is 0.232. The van der Waals surface area contributed by atoms with Crippen LogP contribution in [-0.4, -0.2) is 68.4 Å². The van der Waals surface area contributed by atoms with Crippen LogP contribution in [-0.2, 0) is 16.0 Å². The Morgan fingerprint density at radius 3 is 2.24 bits per heavy atom. The first kappa shape index (κ1) is 31.4. The van der Waals surface area contributed by atoms with Crippen LogP contribution in [0, 0.1) is 0 Å². The number of methoxy groups -OCH3 is 1. The second-order valence-electron chi connectivity index (χ2n) is 8.35. The van der Waals surface area contributed by atoms with E-state index >= 15 is 0 Å². The van der Waals surface area contributed by atoms with E-state index in [1.807, 2.05) is 42.5 Å². The molecule has 1 aliphatic rings. The molecule has 17 heteroatoms. The predicted octanol–water partition coefficient (Wildman–Crippen LogP) is 5.09. The Bertz CT molecular complexity index is 1500. The van der Waals surface area contributed by atoms with E-state index < -0.39 is 24.3 Å². The van der Waals surface area contributed by atoms with Gasteiger partial charge in [0, 0.05) is 11.6 Å². The molecule has 0 fully saturated rings. The second kappa shape index (κ2) is 13.0. The molecule has 5 rings (SSSR count). The van der Waals surface area contributed by atoms with E-state index in [-0.39, 0.29) is 5.92 Å². The number of anilines is 2. The van der Waals surface area contributed by atoms with E-state index in [4.69, 9.17) is 39.2 Å². The van der Waals surface area contributed by atoms with Crippen molar-refractivity contribution in [3.05, 3.63) is 66.2 Å². The average molecular weight is 601 g/mol. The summed E-state index contributed by atoms with van der Waals surface area (Å²) in [5, 5.41) is 25.4. The lowest BCUT2D eigenvalue weighted by Crippen LogP contribution is -2.21. The van der Waals surface area contributed by atoms with Gasteiger partial charge in [-0.2, -0.15) is 31.4 Å². The highest BCUT2D eigenvalue weighted by Crippen LogP contribution is 2.35. The number of para-hydroxylation sites is 1. The van der Waals surface area contributed by atoms with Gasteiger partial charge < -0.3 is 25.0 Å². The van der Waals surface area contributed by atoms with E-state index in [2.05, 4.69) is 15.5 Å². The number of aromatic amines is 1.